The molecule has 0 aromatic heterocycles. The third-order valence-electron chi connectivity index (χ3n) is 4.12. The minimum atomic E-state index is -0.435. The number of hydrogen-bond acceptors (Lipinski definition) is 8. The van der Waals surface area contributed by atoms with Gasteiger partial charge in [-0.15, -0.1) is 11.8 Å². The minimum Gasteiger partial charge on any atom is -0.465 e. The van der Waals surface area contributed by atoms with Gasteiger partial charge in [0.2, 0.25) is 0 Å². The molecule has 0 saturated carbocycles. The molecule has 6 nitrogen and oxygen atoms in total. The van der Waals surface area contributed by atoms with Crippen molar-refractivity contribution in [2.75, 3.05) is 12.9 Å². The van der Waals surface area contributed by atoms with Crippen LogP contribution in [0, 0.1) is 17.2 Å². The highest BCUT2D eigenvalue weighted by Crippen LogP contribution is 2.38. The molecular formula is C17H20N4O2S2. The molecule has 0 radical (unpaired) electrons. The zero-order chi connectivity index (χ0) is 17.8. The fourth-order valence-corrected chi connectivity index (χ4v) is 4.80. The van der Waals surface area contributed by atoms with Crippen LogP contribution in [0.4, 0.5) is 0 Å². The van der Waals surface area contributed by atoms with Gasteiger partial charge in [0, 0.05) is 11.3 Å². The number of carbonyl (C=O) groups is 1. The first kappa shape index (κ1) is 18.1. The highest BCUT2D eigenvalue weighted by atomic mass is 32.2. The van der Waals surface area contributed by atoms with Crippen LogP contribution in [0.15, 0.2) is 40.3 Å². The molecule has 4 unspecified atom stereocenters. The average molecular weight is 377 g/mol. The van der Waals surface area contributed by atoms with E-state index in [1.807, 2.05) is 41.6 Å². The maximum Gasteiger partial charge on any atom is 0.323 e. The summed E-state index contributed by atoms with van der Waals surface area (Å²) < 4.78 is 5.20. The predicted molar refractivity (Wildman–Crippen MR) is 99.9 cm³/mol. The molecular weight excluding hydrogens is 356 g/mol. The Kier molecular flexibility index (Phi) is 5.89. The van der Waals surface area contributed by atoms with E-state index in [0.717, 1.165) is 9.94 Å². The van der Waals surface area contributed by atoms with Crippen LogP contribution in [-0.2, 0) is 9.53 Å². The standard InChI is InChI=1S/C17H20N4O2S2/c1-3-23-17(22)13-9-14(25-11-7-5-4-6-8-11)21-15(19-13)12(10-18)16(20-21)24-2/h4-8,12-15,19H,3,9H2,1-2H3. The van der Waals surface area contributed by atoms with E-state index in [1.165, 1.54) is 11.8 Å². The molecule has 4 atom stereocenters. The average Bonchev–Trinajstić information content (AvgIpc) is 3.00. The fraction of sp³-hybridized carbons (Fsp3) is 0.471. The van der Waals surface area contributed by atoms with Crippen LogP contribution in [0.5, 0.6) is 0 Å². The number of carbonyl (C=O) groups excluding carboxylic acids is 1. The molecule has 1 aromatic rings. The first-order valence-electron chi connectivity index (χ1n) is 8.12. The topological polar surface area (TPSA) is 77.7 Å². The number of fused-ring (bicyclic) bond motifs is 1. The van der Waals surface area contributed by atoms with E-state index in [4.69, 9.17) is 4.74 Å². The van der Waals surface area contributed by atoms with Crippen LogP contribution in [0.3, 0.4) is 0 Å². The summed E-state index contributed by atoms with van der Waals surface area (Å²) in [4.78, 5) is 13.4. The van der Waals surface area contributed by atoms with Crippen molar-refractivity contribution in [1.29, 1.82) is 5.26 Å². The van der Waals surface area contributed by atoms with Gasteiger partial charge in [0.15, 0.2) is 0 Å². The molecule has 2 aliphatic rings. The first-order valence-corrected chi connectivity index (χ1v) is 10.2. The Hall–Kier alpha value is -1.69. The molecule has 0 aliphatic carbocycles. The van der Waals surface area contributed by atoms with Crippen LogP contribution in [0.1, 0.15) is 13.3 Å². The Morgan fingerprint density at radius 2 is 2.24 bits per heavy atom. The van der Waals surface area contributed by atoms with Gasteiger partial charge < -0.3 is 4.74 Å². The van der Waals surface area contributed by atoms with E-state index in [2.05, 4.69) is 16.5 Å². The first-order chi connectivity index (χ1) is 12.2. The number of esters is 1. The lowest BCUT2D eigenvalue weighted by molar-refractivity contribution is -0.148. The Morgan fingerprint density at radius 1 is 1.48 bits per heavy atom. The second kappa shape index (κ2) is 8.13. The molecule has 2 aliphatic heterocycles. The minimum absolute atomic E-state index is 0.0384. The van der Waals surface area contributed by atoms with Gasteiger partial charge in [0.1, 0.15) is 28.5 Å². The van der Waals surface area contributed by atoms with Crippen molar-refractivity contribution in [3.05, 3.63) is 30.3 Å². The van der Waals surface area contributed by atoms with Gasteiger partial charge in [0.05, 0.1) is 12.7 Å². The molecule has 1 aromatic carbocycles. The maximum atomic E-state index is 12.3. The SMILES string of the molecule is CCOC(=O)C1CC(Sc2ccccc2)N2N=C(SC)C(C#N)C2N1. The van der Waals surface area contributed by atoms with E-state index in [1.54, 1.807) is 18.7 Å². The monoisotopic (exact) mass is 376 g/mol. The number of nitrogens with zero attached hydrogens (tertiary/aromatic N) is 3. The summed E-state index contributed by atoms with van der Waals surface area (Å²) >= 11 is 3.14. The Balaban J connectivity index is 1.86. The number of nitriles is 1. The maximum absolute atomic E-state index is 12.3. The lowest BCUT2D eigenvalue weighted by Crippen LogP contribution is -2.60. The summed E-state index contributed by atoms with van der Waals surface area (Å²) in [6.45, 7) is 2.14. The second-order valence-corrected chi connectivity index (χ2v) is 7.74. The number of rotatable bonds is 4. The number of ether oxygens (including phenoxy) is 1. The third kappa shape index (κ3) is 3.78. The van der Waals surface area contributed by atoms with Gasteiger partial charge >= 0.3 is 5.97 Å². The summed E-state index contributed by atoms with van der Waals surface area (Å²) in [7, 11) is 0. The molecule has 1 fully saturated rings. The molecule has 132 valence electrons. The summed E-state index contributed by atoms with van der Waals surface area (Å²) in [5.41, 5.74) is 0. The zero-order valence-electron chi connectivity index (χ0n) is 14.1. The van der Waals surface area contributed by atoms with E-state index >= 15 is 0 Å². The fourth-order valence-electron chi connectivity index (χ4n) is 2.98. The van der Waals surface area contributed by atoms with Gasteiger partial charge in [-0.1, -0.05) is 30.0 Å². The summed E-state index contributed by atoms with van der Waals surface area (Å²) in [6.07, 6.45) is 2.18. The van der Waals surface area contributed by atoms with E-state index < -0.39 is 6.04 Å². The van der Waals surface area contributed by atoms with Crippen molar-refractivity contribution in [1.82, 2.24) is 10.3 Å². The van der Waals surface area contributed by atoms with E-state index in [9.17, 15) is 10.1 Å². The lowest BCUT2D eigenvalue weighted by atomic mass is 10.0. The molecule has 2 heterocycles. The Morgan fingerprint density at radius 3 is 2.88 bits per heavy atom. The van der Waals surface area contributed by atoms with Crippen molar-refractivity contribution < 1.29 is 9.53 Å². The Labute approximate surface area is 156 Å². The highest BCUT2D eigenvalue weighted by molar-refractivity contribution is 8.13. The van der Waals surface area contributed by atoms with Gasteiger partial charge in [-0.25, -0.2) is 0 Å². The predicted octanol–water partition coefficient (Wildman–Crippen LogP) is 2.49. The van der Waals surface area contributed by atoms with E-state index in [0.29, 0.717) is 13.0 Å². The molecule has 25 heavy (non-hydrogen) atoms. The molecule has 3 rings (SSSR count). The third-order valence-corrected chi connectivity index (χ3v) is 6.10. The summed E-state index contributed by atoms with van der Waals surface area (Å²) in [6, 6.07) is 11.9. The van der Waals surface area contributed by atoms with Crippen LogP contribution in [0.25, 0.3) is 0 Å². The van der Waals surface area contributed by atoms with Crippen molar-refractivity contribution in [2.45, 2.75) is 35.8 Å². The van der Waals surface area contributed by atoms with Crippen molar-refractivity contribution in [2.24, 2.45) is 11.0 Å². The number of hydrazone groups is 1. The smallest absolute Gasteiger partial charge is 0.323 e. The van der Waals surface area contributed by atoms with Crippen LogP contribution >= 0.6 is 23.5 Å². The van der Waals surface area contributed by atoms with Crippen LogP contribution in [0.2, 0.25) is 0 Å². The van der Waals surface area contributed by atoms with Gasteiger partial charge in [-0.2, -0.15) is 10.4 Å². The largest absolute Gasteiger partial charge is 0.465 e. The summed E-state index contributed by atoms with van der Waals surface area (Å²) in [5, 5.41) is 20.2. The van der Waals surface area contributed by atoms with Crippen molar-refractivity contribution >= 4 is 34.5 Å². The van der Waals surface area contributed by atoms with Crippen LogP contribution < -0.4 is 5.32 Å². The van der Waals surface area contributed by atoms with Gasteiger partial charge in [-0.3, -0.25) is 15.1 Å². The quantitative estimate of drug-likeness (QED) is 0.809. The van der Waals surface area contributed by atoms with Crippen molar-refractivity contribution in [3.8, 4) is 6.07 Å². The molecule has 1 N–H and O–H groups in total. The number of benzene rings is 1. The van der Waals surface area contributed by atoms with Crippen LogP contribution in [-0.4, -0.2) is 46.5 Å². The van der Waals surface area contributed by atoms with Gasteiger partial charge in [-0.05, 0) is 25.3 Å². The summed E-state index contributed by atoms with van der Waals surface area (Å²) in [5.74, 6) is -0.652. The van der Waals surface area contributed by atoms with Gasteiger partial charge in [0.25, 0.3) is 0 Å². The highest BCUT2D eigenvalue weighted by Gasteiger charge is 2.47. The zero-order valence-corrected chi connectivity index (χ0v) is 15.7. The normalized spacial score (nSPS) is 28.0. The second-order valence-electron chi connectivity index (χ2n) is 5.67. The number of thioether (sulfide) groups is 2. The lowest BCUT2D eigenvalue weighted by Gasteiger charge is -2.40. The Bertz CT molecular complexity index is 692. The molecule has 0 spiro atoms. The molecule has 1 saturated heterocycles. The van der Waals surface area contributed by atoms with Crippen molar-refractivity contribution in [3.63, 3.8) is 0 Å². The number of nitrogens with one attached hydrogen (secondary N) is 1. The molecule has 0 bridgehead atoms. The molecule has 8 heteroatoms. The number of hydrogen-bond donors (Lipinski definition) is 1. The van der Waals surface area contributed by atoms with E-state index in [-0.39, 0.29) is 23.4 Å². The molecule has 0 amide bonds.